The van der Waals surface area contributed by atoms with Gasteiger partial charge in [0.1, 0.15) is 5.56 Å². The number of hydrogen-bond acceptors (Lipinski definition) is 5. The van der Waals surface area contributed by atoms with E-state index in [1.54, 1.807) is 13.8 Å². The second-order valence-electron chi connectivity index (χ2n) is 4.54. The first-order chi connectivity index (χ1) is 9.68. The molecule has 0 heterocycles. The Kier molecular flexibility index (Phi) is 5.31. The van der Waals surface area contributed by atoms with Crippen LogP contribution in [0.25, 0.3) is 0 Å². The maximum Gasteiger partial charge on any atom is 0.340 e. The Morgan fingerprint density at radius 2 is 1.95 bits per heavy atom. The van der Waals surface area contributed by atoms with Crippen LogP contribution < -0.4 is 9.50 Å². The van der Waals surface area contributed by atoms with Crippen LogP contribution in [-0.4, -0.2) is 37.2 Å². The molecule has 7 nitrogen and oxygen atoms in total. The minimum Gasteiger partial charge on any atom is -0.478 e. The average molecular weight is 315 g/mol. The minimum absolute atomic E-state index is 0.153. The van der Waals surface area contributed by atoms with Crippen LogP contribution in [0.2, 0.25) is 0 Å². The van der Waals surface area contributed by atoms with Crippen molar-refractivity contribution in [1.29, 1.82) is 0 Å². The molecule has 21 heavy (non-hydrogen) atoms. The first-order valence-electron chi connectivity index (χ1n) is 6.27. The van der Waals surface area contributed by atoms with Gasteiger partial charge in [-0.15, -0.1) is 0 Å². The topological polar surface area (TPSA) is 110 Å². The first-order valence-corrected chi connectivity index (χ1v) is 7.85. The van der Waals surface area contributed by atoms with Gasteiger partial charge in [0.15, 0.2) is 5.75 Å². The molecule has 1 aromatic rings. The van der Waals surface area contributed by atoms with E-state index in [4.69, 9.17) is 4.18 Å². The van der Waals surface area contributed by atoms with Crippen molar-refractivity contribution in [2.24, 2.45) is 0 Å². The number of carboxylic acid groups (broad SMARTS) is 1. The minimum atomic E-state index is -3.89. The van der Waals surface area contributed by atoms with E-state index in [1.807, 2.05) is 0 Å². The third-order valence-electron chi connectivity index (χ3n) is 2.47. The summed E-state index contributed by atoms with van der Waals surface area (Å²) < 4.78 is 27.7. The molecule has 8 heteroatoms. The molecule has 2 N–H and O–H groups in total. The Bertz CT molecular complexity index is 651. The summed E-state index contributed by atoms with van der Waals surface area (Å²) in [5.74, 6) is -2.73. The zero-order valence-electron chi connectivity index (χ0n) is 11.9. The molecular formula is C13H17NO6S. The van der Waals surface area contributed by atoms with Crippen molar-refractivity contribution >= 4 is 22.0 Å². The molecule has 0 saturated carbocycles. The summed E-state index contributed by atoms with van der Waals surface area (Å²) in [6.07, 6.45) is 0. The number of benzene rings is 1. The first kappa shape index (κ1) is 17.0. The monoisotopic (exact) mass is 315 g/mol. The molecule has 1 rings (SSSR count). The lowest BCUT2D eigenvalue weighted by atomic mass is 10.1. The van der Waals surface area contributed by atoms with E-state index in [9.17, 15) is 23.1 Å². The Morgan fingerprint density at radius 3 is 2.43 bits per heavy atom. The van der Waals surface area contributed by atoms with Crippen LogP contribution in [0.3, 0.4) is 0 Å². The van der Waals surface area contributed by atoms with Gasteiger partial charge in [0, 0.05) is 6.04 Å². The van der Waals surface area contributed by atoms with E-state index in [0.29, 0.717) is 0 Å². The molecule has 1 aromatic carbocycles. The molecule has 0 atom stereocenters. The van der Waals surface area contributed by atoms with Crippen LogP contribution in [0.1, 0.15) is 41.5 Å². The number of carboxylic acids is 1. The van der Waals surface area contributed by atoms with Gasteiger partial charge in [-0.3, -0.25) is 4.79 Å². The van der Waals surface area contributed by atoms with Crippen LogP contribution in [0.4, 0.5) is 0 Å². The van der Waals surface area contributed by atoms with Crippen molar-refractivity contribution in [2.45, 2.75) is 26.8 Å². The smallest absolute Gasteiger partial charge is 0.340 e. The summed E-state index contributed by atoms with van der Waals surface area (Å²) in [5, 5.41) is 11.8. The van der Waals surface area contributed by atoms with E-state index in [1.165, 1.54) is 25.1 Å². The fraction of sp³-hybridized carbons (Fsp3) is 0.385. The fourth-order valence-electron chi connectivity index (χ4n) is 1.55. The molecule has 0 spiro atoms. The second kappa shape index (κ2) is 6.57. The molecule has 0 aliphatic heterocycles. The summed E-state index contributed by atoms with van der Waals surface area (Å²) in [7, 11) is -3.89. The van der Waals surface area contributed by atoms with Gasteiger partial charge in [-0.1, -0.05) is 6.07 Å². The predicted octanol–water partition coefficient (Wildman–Crippen LogP) is 1.25. The van der Waals surface area contributed by atoms with Gasteiger partial charge >= 0.3 is 16.1 Å². The normalized spacial score (nSPS) is 11.2. The van der Waals surface area contributed by atoms with Gasteiger partial charge in [0.25, 0.3) is 5.91 Å². The molecule has 0 aliphatic rings. The Hall–Kier alpha value is -2.09. The van der Waals surface area contributed by atoms with Crippen LogP contribution in [0, 0.1) is 0 Å². The summed E-state index contributed by atoms with van der Waals surface area (Å²) in [6, 6.07) is 3.67. The largest absolute Gasteiger partial charge is 0.478 e. The zero-order valence-corrected chi connectivity index (χ0v) is 12.7. The van der Waals surface area contributed by atoms with Crippen molar-refractivity contribution in [2.75, 3.05) is 5.75 Å². The summed E-state index contributed by atoms with van der Waals surface area (Å²) in [4.78, 5) is 23.3. The molecule has 0 unspecified atom stereocenters. The number of rotatable bonds is 6. The van der Waals surface area contributed by atoms with Crippen LogP contribution in [0.5, 0.6) is 5.75 Å². The SMILES string of the molecule is CCS(=O)(=O)Oc1cccc(C(=O)NC(C)C)c1C(=O)O. The van der Waals surface area contributed by atoms with E-state index < -0.39 is 27.6 Å². The number of nitrogens with one attached hydrogen (secondary N) is 1. The van der Waals surface area contributed by atoms with E-state index >= 15 is 0 Å². The quantitative estimate of drug-likeness (QED) is 0.765. The molecule has 0 radical (unpaired) electrons. The molecule has 0 saturated heterocycles. The third kappa shape index (κ3) is 4.45. The molecule has 116 valence electrons. The van der Waals surface area contributed by atoms with Gasteiger partial charge in [-0.05, 0) is 32.9 Å². The maximum atomic E-state index is 12.0. The van der Waals surface area contributed by atoms with Crippen molar-refractivity contribution < 1.29 is 27.3 Å². The second-order valence-corrected chi connectivity index (χ2v) is 6.40. The standard InChI is InChI=1S/C13H17NO6S/c1-4-21(18,19)20-10-7-5-6-9(11(10)13(16)17)12(15)14-8(2)3/h5-8H,4H2,1-3H3,(H,14,15)(H,16,17). The Morgan fingerprint density at radius 1 is 1.33 bits per heavy atom. The lowest BCUT2D eigenvalue weighted by Crippen LogP contribution is -2.31. The van der Waals surface area contributed by atoms with Crippen LogP contribution >= 0.6 is 0 Å². The summed E-state index contributed by atoms with van der Waals surface area (Å²) in [6.45, 7) is 4.81. The van der Waals surface area contributed by atoms with Crippen LogP contribution in [-0.2, 0) is 10.1 Å². The highest BCUT2D eigenvalue weighted by molar-refractivity contribution is 7.87. The highest BCUT2D eigenvalue weighted by atomic mass is 32.2. The van der Waals surface area contributed by atoms with Gasteiger partial charge in [-0.2, -0.15) is 8.42 Å². The van der Waals surface area contributed by atoms with E-state index in [0.717, 1.165) is 0 Å². The lowest BCUT2D eigenvalue weighted by Gasteiger charge is -2.13. The van der Waals surface area contributed by atoms with E-state index in [-0.39, 0.29) is 23.1 Å². The molecule has 1 amide bonds. The molecule has 0 aromatic heterocycles. The number of carbonyl (C=O) groups is 2. The van der Waals surface area contributed by atoms with Gasteiger partial charge in [0.2, 0.25) is 0 Å². The molecule has 0 aliphatic carbocycles. The number of carbonyl (C=O) groups excluding carboxylic acids is 1. The van der Waals surface area contributed by atoms with Gasteiger partial charge in [0.05, 0.1) is 11.3 Å². The Balaban J connectivity index is 3.35. The number of aromatic carboxylic acids is 1. The van der Waals surface area contributed by atoms with Crippen molar-refractivity contribution in [3.05, 3.63) is 29.3 Å². The molecule has 0 bridgehead atoms. The van der Waals surface area contributed by atoms with Crippen molar-refractivity contribution in [1.82, 2.24) is 5.32 Å². The zero-order chi connectivity index (χ0) is 16.2. The fourth-order valence-corrected chi connectivity index (χ4v) is 2.08. The highest BCUT2D eigenvalue weighted by Crippen LogP contribution is 2.24. The van der Waals surface area contributed by atoms with Crippen molar-refractivity contribution in [3.63, 3.8) is 0 Å². The van der Waals surface area contributed by atoms with E-state index in [2.05, 4.69) is 5.32 Å². The highest BCUT2D eigenvalue weighted by Gasteiger charge is 2.24. The van der Waals surface area contributed by atoms with Crippen LogP contribution in [0.15, 0.2) is 18.2 Å². The van der Waals surface area contributed by atoms with Gasteiger partial charge < -0.3 is 14.6 Å². The van der Waals surface area contributed by atoms with Gasteiger partial charge in [-0.25, -0.2) is 4.79 Å². The predicted molar refractivity (Wildman–Crippen MR) is 76.1 cm³/mol. The third-order valence-corrected chi connectivity index (χ3v) is 3.62. The maximum absolute atomic E-state index is 12.0. The number of amides is 1. The number of hydrogen-bond donors (Lipinski definition) is 2. The summed E-state index contributed by atoms with van der Waals surface area (Å²) >= 11 is 0. The summed E-state index contributed by atoms with van der Waals surface area (Å²) in [5.41, 5.74) is -0.632. The lowest BCUT2D eigenvalue weighted by molar-refractivity contribution is 0.0688. The molecule has 0 fully saturated rings. The molecular weight excluding hydrogens is 298 g/mol. The average Bonchev–Trinajstić information content (AvgIpc) is 2.36. The Labute approximate surface area is 123 Å². The van der Waals surface area contributed by atoms with Crippen molar-refractivity contribution in [3.8, 4) is 5.75 Å².